The van der Waals surface area contributed by atoms with E-state index in [9.17, 15) is 9.59 Å². The van der Waals surface area contributed by atoms with Gasteiger partial charge in [-0.25, -0.2) is 9.59 Å². The van der Waals surface area contributed by atoms with Gasteiger partial charge in [0.15, 0.2) is 0 Å². The van der Waals surface area contributed by atoms with Crippen LogP contribution in [0.5, 0.6) is 0 Å². The Kier molecular flexibility index (Phi) is 2.82. The summed E-state index contributed by atoms with van der Waals surface area (Å²) in [5.74, 6) is -0.831. The Bertz CT molecular complexity index is 730. The summed E-state index contributed by atoms with van der Waals surface area (Å²) in [6, 6.07) is 7.96. The molecule has 22 heavy (non-hydrogen) atoms. The molecule has 1 saturated heterocycles. The van der Waals surface area contributed by atoms with Gasteiger partial charge in [0, 0.05) is 17.6 Å². The van der Waals surface area contributed by atoms with E-state index in [4.69, 9.17) is 14.2 Å². The molecule has 2 aliphatic heterocycles. The fraction of sp³-hybridized carbons (Fsp3) is 0.294. The highest BCUT2D eigenvalue weighted by molar-refractivity contribution is 5.92. The van der Waals surface area contributed by atoms with Crippen LogP contribution < -0.4 is 0 Å². The fourth-order valence-corrected chi connectivity index (χ4v) is 3.20. The molecule has 5 heteroatoms. The van der Waals surface area contributed by atoms with Crippen molar-refractivity contribution >= 4 is 11.9 Å². The lowest BCUT2D eigenvalue weighted by molar-refractivity contribution is -0.152. The van der Waals surface area contributed by atoms with Gasteiger partial charge in [0.05, 0.1) is 11.8 Å². The van der Waals surface area contributed by atoms with Gasteiger partial charge in [-0.05, 0) is 24.5 Å². The summed E-state index contributed by atoms with van der Waals surface area (Å²) < 4.78 is 15.9. The van der Waals surface area contributed by atoms with Gasteiger partial charge in [0.25, 0.3) is 6.29 Å². The maximum absolute atomic E-state index is 12.1. The van der Waals surface area contributed by atoms with Crippen molar-refractivity contribution in [2.24, 2.45) is 5.92 Å². The van der Waals surface area contributed by atoms with Crippen molar-refractivity contribution < 1.29 is 23.8 Å². The maximum atomic E-state index is 12.1. The Morgan fingerprint density at radius 2 is 2.05 bits per heavy atom. The van der Waals surface area contributed by atoms with Crippen molar-refractivity contribution in [1.29, 1.82) is 0 Å². The first kappa shape index (κ1) is 13.1. The van der Waals surface area contributed by atoms with Gasteiger partial charge in [0.2, 0.25) is 0 Å². The molecule has 4 rings (SSSR count). The Morgan fingerprint density at radius 3 is 2.82 bits per heavy atom. The molecule has 0 radical (unpaired) electrons. The van der Waals surface area contributed by atoms with Crippen molar-refractivity contribution in [1.82, 2.24) is 0 Å². The maximum Gasteiger partial charge on any atom is 0.338 e. The van der Waals surface area contributed by atoms with Crippen LogP contribution in [0.25, 0.3) is 0 Å². The minimum Gasteiger partial charge on any atom is -0.458 e. The average molecular weight is 298 g/mol. The summed E-state index contributed by atoms with van der Waals surface area (Å²) >= 11 is 0. The predicted octanol–water partition coefficient (Wildman–Crippen LogP) is 2.19. The Labute approximate surface area is 127 Å². The molecule has 0 spiro atoms. The highest BCUT2D eigenvalue weighted by Crippen LogP contribution is 2.47. The van der Waals surface area contributed by atoms with Crippen molar-refractivity contribution in [2.45, 2.75) is 25.7 Å². The number of hydrogen-bond donors (Lipinski definition) is 0. The third-order valence-electron chi connectivity index (χ3n) is 4.30. The van der Waals surface area contributed by atoms with Crippen LogP contribution in [0.3, 0.4) is 0 Å². The number of hydrogen-bond acceptors (Lipinski definition) is 5. The van der Waals surface area contributed by atoms with E-state index in [2.05, 4.69) is 0 Å². The second-order valence-electron chi connectivity index (χ2n) is 5.70. The third kappa shape index (κ3) is 1.93. The lowest BCUT2D eigenvalue weighted by atomic mass is 9.98. The number of cyclic esters (lactones) is 1. The molecule has 0 bridgehead atoms. The van der Waals surface area contributed by atoms with E-state index in [1.165, 1.54) is 17.9 Å². The number of carbonyl (C=O) groups is 2. The molecular weight excluding hydrogens is 284 g/mol. The minimum atomic E-state index is -0.754. The lowest BCUT2D eigenvalue weighted by Gasteiger charge is -2.12. The molecule has 0 amide bonds. The van der Waals surface area contributed by atoms with E-state index < -0.39 is 12.3 Å². The van der Waals surface area contributed by atoms with Crippen molar-refractivity contribution in [3.8, 4) is 0 Å². The average Bonchev–Trinajstić information content (AvgIpc) is 3.09. The van der Waals surface area contributed by atoms with E-state index >= 15 is 0 Å². The number of fused-ring (bicyclic) bond motifs is 3. The molecule has 2 heterocycles. The number of benzene rings is 1. The Balaban J connectivity index is 1.56. The molecule has 0 aromatic heterocycles. The smallest absolute Gasteiger partial charge is 0.338 e. The van der Waals surface area contributed by atoms with E-state index in [1.54, 1.807) is 6.92 Å². The monoisotopic (exact) mass is 298 g/mol. The number of carbonyl (C=O) groups excluding carboxylic acids is 2. The zero-order valence-electron chi connectivity index (χ0n) is 11.9. The summed E-state index contributed by atoms with van der Waals surface area (Å²) in [4.78, 5) is 23.2. The molecule has 1 aromatic carbocycles. The van der Waals surface area contributed by atoms with Gasteiger partial charge in [-0.15, -0.1) is 0 Å². The van der Waals surface area contributed by atoms with Crippen molar-refractivity contribution in [3.05, 3.63) is 58.9 Å². The first-order chi connectivity index (χ1) is 10.6. The molecule has 1 aromatic rings. The normalized spacial score (nSPS) is 30.7. The fourth-order valence-electron chi connectivity index (χ4n) is 3.20. The van der Waals surface area contributed by atoms with E-state index in [0.29, 0.717) is 11.1 Å². The number of rotatable bonds is 2. The molecule has 0 N–H and O–H groups in total. The first-order valence-electron chi connectivity index (χ1n) is 7.16. The lowest BCUT2D eigenvalue weighted by Crippen LogP contribution is -2.14. The molecule has 112 valence electrons. The molecule has 0 unspecified atom stereocenters. The van der Waals surface area contributed by atoms with Crippen LogP contribution in [-0.2, 0) is 30.2 Å². The summed E-state index contributed by atoms with van der Waals surface area (Å²) in [6.07, 6.45) is 2.53. The summed E-state index contributed by atoms with van der Waals surface area (Å²) in [6.45, 7) is 1.75. The van der Waals surface area contributed by atoms with Crippen molar-refractivity contribution in [3.63, 3.8) is 0 Å². The highest BCUT2D eigenvalue weighted by atomic mass is 16.7. The van der Waals surface area contributed by atoms with Crippen LogP contribution in [-0.4, -0.2) is 18.2 Å². The van der Waals surface area contributed by atoms with E-state index in [-0.39, 0.29) is 18.0 Å². The topological polar surface area (TPSA) is 61.8 Å². The van der Waals surface area contributed by atoms with Crippen LogP contribution in [0.2, 0.25) is 0 Å². The standard InChI is InChI=1S/C17H14O5/c1-9-6-14(18)21-17(9)20-8-13-12-7-10-4-2-3-5-11(10)15(12)22-16(13)19/h2-6,8,12,15,17H,7H2,1H3/t12-,15-,17+/m0/s1. The second-order valence-corrected chi connectivity index (χ2v) is 5.70. The zero-order valence-corrected chi connectivity index (χ0v) is 11.9. The quantitative estimate of drug-likeness (QED) is 0.476. The first-order valence-corrected chi connectivity index (χ1v) is 7.16. The molecule has 3 aliphatic rings. The van der Waals surface area contributed by atoms with Gasteiger partial charge >= 0.3 is 11.9 Å². The number of esters is 2. The molecule has 3 atom stereocenters. The molecule has 1 aliphatic carbocycles. The largest absolute Gasteiger partial charge is 0.458 e. The van der Waals surface area contributed by atoms with Crippen LogP contribution in [0, 0.1) is 5.92 Å². The van der Waals surface area contributed by atoms with Crippen LogP contribution in [0.1, 0.15) is 24.2 Å². The minimum absolute atomic E-state index is 0.0358. The highest BCUT2D eigenvalue weighted by Gasteiger charge is 2.46. The van der Waals surface area contributed by atoms with Gasteiger partial charge in [-0.2, -0.15) is 0 Å². The second kappa shape index (κ2) is 4.73. The summed E-state index contributed by atoms with van der Waals surface area (Å²) in [7, 11) is 0. The van der Waals surface area contributed by atoms with Gasteiger partial charge in [-0.1, -0.05) is 24.3 Å². The summed E-state index contributed by atoms with van der Waals surface area (Å²) in [5, 5.41) is 0. The van der Waals surface area contributed by atoms with Crippen LogP contribution in [0.15, 0.2) is 47.7 Å². The van der Waals surface area contributed by atoms with Gasteiger partial charge < -0.3 is 14.2 Å². The molecular formula is C17H14O5. The molecule has 1 fully saturated rings. The third-order valence-corrected chi connectivity index (χ3v) is 4.30. The Hall–Kier alpha value is -2.56. The van der Waals surface area contributed by atoms with Gasteiger partial charge in [-0.3, -0.25) is 0 Å². The SMILES string of the molecule is CC1=CC(=O)O[C@H]1OC=C1C(=O)O[C@H]2c3ccccc3C[C@@H]12. The summed E-state index contributed by atoms with van der Waals surface area (Å²) in [5.41, 5.74) is 3.43. The van der Waals surface area contributed by atoms with Crippen molar-refractivity contribution in [2.75, 3.05) is 0 Å². The van der Waals surface area contributed by atoms with E-state index in [0.717, 1.165) is 12.0 Å². The van der Waals surface area contributed by atoms with Crippen LogP contribution in [0.4, 0.5) is 0 Å². The number of ether oxygens (including phenoxy) is 3. The molecule has 5 nitrogen and oxygen atoms in total. The zero-order chi connectivity index (χ0) is 15.3. The Morgan fingerprint density at radius 1 is 1.23 bits per heavy atom. The van der Waals surface area contributed by atoms with E-state index in [1.807, 2.05) is 24.3 Å². The van der Waals surface area contributed by atoms with Crippen LogP contribution >= 0.6 is 0 Å². The van der Waals surface area contributed by atoms with Gasteiger partial charge in [0.1, 0.15) is 6.10 Å². The molecule has 0 saturated carbocycles. The predicted molar refractivity (Wildman–Crippen MR) is 75.3 cm³/mol.